The Hall–Kier alpha value is -1.73. The van der Waals surface area contributed by atoms with Crippen LogP contribution in [0, 0.1) is 6.92 Å². The van der Waals surface area contributed by atoms with Crippen molar-refractivity contribution in [2.75, 3.05) is 45.0 Å². The summed E-state index contributed by atoms with van der Waals surface area (Å²) in [5.74, 6) is 0.475. The monoisotopic (exact) mass is 393 g/mol. The summed E-state index contributed by atoms with van der Waals surface area (Å²) in [4.78, 5) is 29.1. The molecule has 1 fully saturated rings. The maximum Gasteiger partial charge on any atom is 0.410 e. The fourth-order valence-electron chi connectivity index (χ4n) is 2.67. The summed E-state index contributed by atoms with van der Waals surface area (Å²) >= 11 is 1.55. The van der Waals surface area contributed by atoms with Gasteiger partial charge in [0.2, 0.25) is 5.91 Å². The van der Waals surface area contributed by atoms with Gasteiger partial charge in [0.1, 0.15) is 5.60 Å². The number of nitrogens with zero attached hydrogens (tertiary/aromatic N) is 2. The van der Waals surface area contributed by atoms with E-state index in [0.717, 1.165) is 24.5 Å². The largest absolute Gasteiger partial charge is 0.444 e. The van der Waals surface area contributed by atoms with Crippen molar-refractivity contribution in [1.82, 2.24) is 15.1 Å². The maximum absolute atomic E-state index is 12.1. The lowest BCUT2D eigenvalue weighted by molar-refractivity contribution is -0.118. The van der Waals surface area contributed by atoms with Crippen molar-refractivity contribution in [3.8, 4) is 0 Å². The highest BCUT2D eigenvalue weighted by molar-refractivity contribution is 8.00. The summed E-state index contributed by atoms with van der Waals surface area (Å²) in [6.45, 7) is 12.0. The number of benzene rings is 1. The summed E-state index contributed by atoms with van der Waals surface area (Å²) in [5.41, 5.74) is 0.755. The molecule has 1 N–H and O–H groups in total. The number of ether oxygens (including phenoxy) is 1. The Labute approximate surface area is 166 Å². The number of nitrogens with one attached hydrogen (secondary N) is 1. The smallest absolute Gasteiger partial charge is 0.410 e. The van der Waals surface area contributed by atoms with Crippen LogP contribution in [-0.4, -0.2) is 72.4 Å². The molecule has 0 spiro atoms. The molecule has 1 saturated heterocycles. The molecule has 1 aromatic carbocycles. The minimum atomic E-state index is -0.463. The third-order valence-electron chi connectivity index (χ3n) is 4.17. The van der Waals surface area contributed by atoms with E-state index in [2.05, 4.69) is 29.3 Å². The number of hydrogen-bond donors (Lipinski definition) is 1. The number of carbonyl (C=O) groups is 2. The van der Waals surface area contributed by atoms with E-state index in [1.165, 1.54) is 5.56 Å². The van der Waals surface area contributed by atoms with Gasteiger partial charge in [-0.2, -0.15) is 0 Å². The molecule has 1 aliphatic heterocycles. The summed E-state index contributed by atoms with van der Waals surface area (Å²) in [6, 6.07) is 8.18. The van der Waals surface area contributed by atoms with Gasteiger partial charge in [0.05, 0.1) is 5.75 Å². The van der Waals surface area contributed by atoms with Gasteiger partial charge in [-0.05, 0) is 39.8 Å². The minimum Gasteiger partial charge on any atom is -0.444 e. The first-order valence-electron chi connectivity index (χ1n) is 9.39. The Balaban J connectivity index is 1.59. The molecule has 2 amide bonds. The normalized spacial score (nSPS) is 15.5. The Morgan fingerprint density at radius 2 is 1.74 bits per heavy atom. The third kappa shape index (κ3) is 8.22. The van der Waals surface area contributed by atoms with E-state index >= 15 is 0 Å². The Kier molecular flexibility index (Phi) is 7.98. The topological polar surface area (TPSA) is 61.9 Å². The fourth-order valence-corrected chi connectivity index (χ4v) is 3.40. The minimum absolute atomic E-state index is 0.0490. The molecular formula is C20H31N3O3S. The summed E-state index contributed by atoms with van der Waals surface area (Å²) in [6.07, 6.45) is -0.247. The van der Waals surface area contributed by atoms with Gasteiger partial charge in [0, 0.05) is 44.2 Å². The predicted molar refractivity (Wildman–Crippen MR) is 109 cm³/mol. The molecule has 2 rings (SSSR count). The quantitative estimate of drug-likeness (QED) is 0.753. The average molecular weight is 394 g/mol. The zero-order valence-electron chi connectivity index (χ0n) is 16.8. The summed E-state index contributed by atoms with van der Waals surface area (Å²) < 4.78 is 5.40. The number of amides is 2. The highest BCUT2D eigenvalue weighted by atomic mass is 32.2. The summed E-state index contributed by atoms with van der Waals surface area (Å²) in [7, 11) is 0. The van der Waals surface area contributed by atoms with Crippen LogP contribution >= 0.6 is 11.8 Å². The molecule has 1 heterocycles. The van der Waals surface area contributed by atoms with Crippen molar-refractivity contribution in [2.24, 2.45) is 0 Å². The van der Waals surface area contributed by atoms with Gasteiger partial charge in [-0.15, -0.1) is 11.8 Å². The second-order valence-electron chi connectivity index (χ2n) is 7.76. The van der Waals surface area contributed by atoms with Gasteiger partial charge in [0.15, 0.2) is 0 Å². The van der Waals surface area contributed by atoms with Crippen molar-refractivity contribution in [2.45, 2.75) is 38.2 Å². The van der Waals surface area contributed by atoms with E-state index in [-0.39, 0.29) is 12.0 Å². The second-order valence-corrected chi connectivity index (χ2v) is 8.81. The molecule has 0 aromatic heterocycles. The van der Waals surface area contributed by atoms with Crippen LogP contribution in [0.2, 0.25) is 0 Å². The average Bonchev–Trinajstić information content (AvgIpc) is 2.60. The van der Waals surface area contributed by atoms with Crippen LogP contribution in [0.4, 0.5) is 4.79 Å². The maximum atomic E-state index is 12.1. The van der Waals surface area contributed by atoms with Crippen LogP contribution in [0.3, 0.4) is 0 Å². The molecule has 1 aliphatic rings. The van der Waals surface area contributed by atoms with Gasteiger partial charge in [0.25, 0.3) is 0 Å². The molecular weight excluding hydrogens is 362 g/mol. The number of rotatable bonds is 6. The molecule has 1 aromatic rings. The van der Waals surface area contributed by atoms with Gasteiger partial charge >= 0.3 is 6.09 Å². The SMILES string of the molecule is Cc1ccc(SCC(=O)NCCN2CCN(C(=O)OC(C)(C)C)CC2)cc1. The molecule has 0 bridgehead atoms. The van der Waals surface area contributed by atoms with Gasteiger partial charge in [-0.25, -0.2) is 4.79 Å². The van der Waals surface area contributed by atoms with E-state index in [1.54, 1.807) is 16.7 Å². The number of hydrogen-bond acceptors (Lipinski definition) is 5. The van der Waals surface area contributed by atoms with E-state index in [4.69, 9.17) is 4.74 Å². The molecule has 27 heavy (non-hydrogen) atoms. The molecule has 0 atom stereocenters. The Morgan fingerprint density at radius 3 is 2.33 bits per heavy atom. The number of piperazine rings is 1. The van der Waals surface area contributed by atoms with Gasteiger partial charge in [-0.1, -0.05) is 17.7 Å². The van der Waals surface area contributed by atoms with Crippen molar-refractivity contribution >= 4 is 23.8 Å². The zero-order chi connectivity index (χ0) is 19.9. The van der Waals surface area contributed by atoms with Crippen LogP contribution in [0.25, 0.3) is 0 Å². The standard InChI is InChI=1S/C20H31N3O3S/c1-16-5-7-17(8-6-16)27-15-18(24)21-9-10-22-11-13-23(14-12-22)19(25)26-20(2,3)4/h5-8H,9-15H2,1-4H3,(H,21,24). The zero-order valence-corrected chi connectivity index (χ0v) is 17.6. The number of carbonyl (C=O) groups excluding carboxylic acids is 2. The molecule has 150 valence electrons. The third-order valence-corrected chi connectivity index (χ3v) is 5.18. The fraction of sp³-hybridized carbons (Fsp3) is 0.600. The van der Waals surface area contributed by atoms with Crippen LogP contribution < -0.4 is 5.32 Å². The molecule has 0 unspecified atom stereocenters. The van der Waals surface area contributed by atoms with Crippen molar-refractivity contribution in [3.05, 3.63) is 29.8 Å². The van der Waals surface area contributed by atoms with Crippen LogP contribution in [-0.2, 0) is 9.53 Å². The first-order valence-corrected chi connectivity index (χ1v) is 10.4. The van der Waals surface area contributed by atoms with Crippen molar-refractivity contribution in [3.63, 3.8) is 0 Å². The molecule has 7 heteroatoms. The number of thioether (sulfide) groups is 1. The van der Waals surface area contributed by atoms with Gasteiger partial charge < -0.3 is 15.0 Å². The van der Waals surface area contributed by atoms with Gasteiger partial charge in [-0.3, -0.25) is 9.69 Å². The molecule has 0 aliphatic carbocycles. The second kappa shape index (κ2) is 9.99. The van der Waals surface area contributed by atoms with E-state index < -0.39 is 5.60 Å². The Bertz CT molecular complexity index is 620. The summed E-state index contributed by atoms with van der Waals surface area (Å²) in [5, 5.41) is 2.97. The lowest BCUT2D eigenvalue weighted by Gasteiger charge is -2.35. The first kappa shape index (κ1) is 21.6. The molecule has 6 nitrogen and oxygen atoms in total. The molecule has 0 radical (unpaired) electrons. The highest BCUT2D eigenvalue weighted by Gasteiger charge is 2.25. The Morgan fingerprint density at radius 1 is 1.11 bits per heavy atom. The highest BCUT2D eigenvalue weighted by Crippen LogP contribution is 2.17. The predicted octanol–water partition coefficient (Wildman–Crippen LogP) is 2.76. The number of aryl methyl sites for hydroxylation is 1. The lowest BCUT2D eigenvalue weighted by Crippen LogP contribution is -2.51. The van der Waals surface area contributed by atoms with Crippen molar-refractivity contribution in [1.29, 1.82) is 0 Å². The van der Waals surface area contributed by atoms with Crippen LogP contribution in [0.15, 0.2) is 29.2 Å². The van der Waals surface area contributed by atoms with Crippen molar-refractivity contribution < 1.29 is 14.3 Å². The van der Waals surface area contributed by atoms with E-state index in [9.17, 15) is 9.59 Å². The first-order chi connectivity index (χ1) is 12.7. The van der Waals surface area contributed by atoms with E-state index in [0.29, 0.717) is 25.4 Å². The van der Waals surface area contributed by atoms with E-state index in [1.807, 2.05) is 32.9 Å². The van der Waals surface area contributed by atoms with Crippen LogP contribution in [0.5, 0.6) is 0 Å². The molecule has 0 saturated carbocycles. The van der Waals surface area contributed by atoms with Crippen LogP contribution in [0.1, 0.15) is 26.3 Å². The lowest BCUT2D eigenvalue weighted by atomic mass is 10.2.